The molecule has 1 aromatic carbocycles. The van der Waals surface area contributed by atoms with E-state index in [9.17, 15) is 0 Å². The summed E-state index contributed by atoms with van der Waals surface area (Å²) < 4.78 is 5.55. The Morgan fingerprint density at radius 1 is 1.26 bits per heavy atom. The van der Waals surface area contributed by atoms with Crippen molar-refractivity contribution in [1.82, 2.24) is 5.32 Å². The minimum atomic E-state index is 0.748. The van der Waals surface area contributed by atoms with E-state index in [0.29, 0.717) is 0 Å². The van der Waals surface area contributed by atoms with Crippen LogP contribution >= 0.6 is 0 Å². The van der Waals surface area contributed by atoms with Gasteiger partial charge in [0.1, 0.15) is 5.75 Å². The zero-order valence-electron chi connectivity index (χ0n) is 12.5. The molecular weight excluding hydrogens is 234 g/mol. The van der Waals surface area contributed by atoms with Gasteiger partial charge in [0, 0.05) is 6.42 Å². The van der Waals surface area contributed by atoms with Crippen molar-refractivity contribution in [3.05, 3.63) is 29.3 Å². The molecule has 0 fully saturated rings. The van der Waals surface area contributed by atoms with E-state index in [1.807, 2.05) is 0 Å². The molecule has 2 atom stereocenters. The molecule has 2 rings (SSSR count). The van der Waals surface area contributed by atoms with Crippen molar-refractivity contribution in [2.45, 2.75) is 40.0 Å². The number of hydrogen-bond acceptors (Lipinski definition) is 2. The molecule has 0 spiro atoms. The second-order valence-electron chi connectivity index (χ2n) is 5.84. The zero-order valence-corrected chi connectivity index (χ0v) is 12.5. The number of rotatable bonds is 7. The first-order chi connectivity index (χ1) is 9.20. The molecule has 0 aliphatic carbocycles. The molecule has 1 aromatic rings. The molecule has 106 valence electrons. The highest BCUT2D eigenvalue weighted by Crippen LogP contribution is 2.27. The second-order valence-corrected chi connectivity index (χ2v) is 5.84. The van der Waals surface area contributed by atoms with Gasteiger partial charge in [-0.15, -0.1) is 0 Å². The van der Waals surface area contributed by atoms with Gasteiger partial charge in [0.15, 0.2) is 0 Å². The summed E-state index contributed by atoms with van der Waals surface area (Å²) in [7, 11) is 0. The molecule has 1 aliphatic rings. The second kappa shape index (κ2) is 6.95. The molecule has 0 saturated carbocycles. The van der Waals surface area contributed by atoms with Crippen LogP contribution in [0.15, 0.2) is 18.2 Å². The lowest BCUT2D eigenvalue weighted by molar-refractivity contribution is 0.350. The van der Waals surface area contributed by atoms with Crippen LogP contribution in [0.1, 0.15) is 38.3 Å². The molecule has 2 nitrogen and oxygen atoms in total. The average Bonchev–Trinajstić information content (AvgIpc) is 2.89. The number of hydrogen-bond donors (Lipinski definition) is 1. The van der Waals surface area contributed by atoms with Crippen LogP contribution in [0, 0.1) is 11.8 Å². The Bertz CT molecular complexity index is 402. The lowest BCUT2D eigenvalue weighted by atomic mass is 9.89. The molecular formula is C17H27NO. The van der Waals surface area contributed by atoms with E-state index >= 15 is 0 Å². The standard InChI is InChI=1S/C17H27NO/c1-4-18-12-14(3)13(2)5-6-15-7-8-17-16(11-15)9-10-19-17/h7-8,11,13-14,18H,4-6,9-10,12H2,1-3H3. The van der Waals surface area contributed by atoms with E-state index in [1.165, 1.54) is 24.0 Å². The summed E-state index contributed by atoms with van der Waals surface area (Å²) in [5.41, 5.74) is 2.86. The maximum atomic E-state index is 5.55. The Morgan fingerprint density at radius 3 is 2.89 bits per heavy atom. The first-order valence-electron chi connectivity index (χ1n) is 7.66. The van der Waals surface area contributed by atoms with Gasteiger partial charge in [0.25, 0.3) is 0 Å². The van der Waals surface area contributed by atoms with Gasteiger partial charge in [-0.05, 0) is 55.0 Å². The summed E-state index contributed by atoms with van der Waals surface area (Å²) in [6, 6.07) is 6.71. The fraction of sp³-hybridized carbons (Fsp3) is 0.647. The quantitative estimate of drug-likeness (QED) is 0.812. The van der Waals surface area contributed by atoms with Crippen LogP contribution in [0.5, 0.6) is 5.75 Å². The molecule has 0 saturated heterocycles. The van der Waals surface area contributed by atoms with E-state index < -0.39 is 0 Å². The molecule has 0 amide bonds. The predicted molar refractivity (Wildman–Crippen MR) is 80.8 cm³/mol. The Morgan fingerprint density at radius 2 is 2.11 bits per heavy atom. The third-order valence-corrected chi connectivity index (χ3v) is 4.33. The summed E-state index contributed by atoms with van der Waals surface area (Å²) in [5, 5.41) is 3.44. The molecule has 2 unspecified atom stereocenters. The Kier molecular flexibility index (Phi) is 5.26. The number of nitrogens with one attached hydrogen (secondary N) is 1. The van der Waals surface area contributed by atoms with Crippen LogP contribution in [-0.2, 0) is 12.8 Å². The summed E-state index contributed by atoms with van der Waals surface area (Å²) >= 11 is 0. The van der Waals surface area contributed by atoms with Crippen LogP contribution < -0.4 is 10.1 Å². The van der Waals surface area contributed by atoms with E-state index in [4.69, 9.17) is 4.74 Å². The van der Waals surface area contributed by atoms with Gasteiger partial charge < -0.3 is 10.1 Å². The molecule has 0 aromatic heterocycles. The molecule has 1 aliphatic heterocycles. The predicted octanol–water partition coefficient (Wildman–Crippen LogP) is 3.44. The highest BCUT2D eigenvalue weighted by atomic mass is 16.5. The minimum absolute atomic E-state index is 0.748. The average molecular weight is 261 g/mol. The Balaban J connectivity index is 1.81. The molecule has 0 radical (unpaired) electrons. The largest absolute Gasteiger partial charge is 0.493 e. The van der Waals surface area contributed by atoms with Crippen molar-refractivity contribution in [3.63, 3.8) is 0 Å². The van der Waals surface area contributed by atoms with E-state index in [0.717, 1.165) is 43.7 Å². The number of aryl methyl sites for hydroxylation is 1. The third kappa shape index (κ3) is 3.97. The third-order valence-electron chi connectivity index (χ3n) is 4.33. The van der Waals surface area contributed by atoms with Gasteiger partial charge in [-0.25, -0.2) is 0 Å². The summed E-state index contributed by atoms with van der Waals surface area (Å²) in [6.45, 7) is 9.96. The van der Waals surface area contributed by atoms with Gasteiger partial charge in [-0.2, -0.15) is 0 Å². The first-order valence-corrected chi connectivity index (χ1v) is 7.66. The number of fused-ring (bicyclic) bond motifs is 1. The maximum absolute atomic E-state index is 5.55. The van der Waals surface area contributed by atoms with Crippen LogP contribution in [0.4, 0.5) is 0 Å². The summed E-state index contributed by atoms with van der Waals surface area (Å²) in [5.74, 6) is 2.61. The van der Waals surface area contributed by atoms with E-state index in [1.54, 1.807) is 0 Å². The van der Waals surface area contributed by atoms with Gasteiger partial charge in [-0.1, -0.05) is 32.9 Å². The van der Waals surface area contributed by atoms with Crippen molar-refractivity contribution in [1.29, 1.82) is 0 Å². The van der Waals surface area contributed by atoms with Gasteiger partial charge in [0.05, 0.1) is 6.61 Å². The van der Waals surface area contributed by atoms with Gasteiger partial charge >= 0.3 is 0 Å². The molecule has 19 heavy (non-hydrogen) atoms. The fourth-order valence-electron chi connectivity index (χ4n) is 2.65. The maximum Gasteiger partial charge on any atom is 0.122 e. The Labute approximate surface area is 117 Å². The summed E-state index contributed by atoms with van der Waals surface area (Å²) in [4.78, 5) is 0. The van der Waals surface area contributed by atoms with Crippen molar-refractivity contribution in [2.24, 2.45) is 11.8 Å². The number of benzene rings is 1. The van der Waals surface area contributed by atoms with E-state index in [2.05, 4.69) is 44.3 Å². The highest BCUT2D eigenvalue weighted by Gasteiger charge is 2.14. The monoisotopic (exact) mass is 261 g/mol. The SMILES string of the molecule is CCNCC(C)C(C)CCc1ccc2c(c1)CCO2. The highest BCUT2D eigenvalue weighted by molar-refractivity contribution is 5.39. The Hall–Kier alpha value is -1.02. The smallest absolute Gasteiger partial charge is 0.122 e. The zero-order chi connectivity index (χ0) is 13.7. The normalized spacial score (nSPS) is 16.8. The van der Waals surface area contributed by atoms with Crippen LogP contribution in [0.2, 0.25) is 0 Å². The lowest BCUT2D eigenvalue weighted by Crippen LogP contribution is -2.25. The fourth-order valence-corrected chi connectivity index (χ4v) is 2.65. The van der Waals surface area contributed by atoms with Crippen molar-refractivity contribution < 1.29 is 4.74 Å². The lowest BCUT2D eigenvalue weighted by Gasteiger charge is -2.20. The topological polar surface area (TPSA) is 21.3 Å². The molecule has 2 heteroatoms. The van der Waals surface area contributed by atoms with Crippen molar-refractivity contribution in [2.75, 3.05) is 19.7 Å². The minimum Gasteiger partial charge on any atom is -0.493 e. The molecule has 1 heterocycles. The van der Waals surface area contributed by atoms with Crippen molar-refractivity contribution in [3.8, 4) is 5.75 Å². The van der Waals surface area contributed by atoms with Crippen LogP contribution in [0.3, 0.4) is 0 Å². The van der Waals surface area contributed by atoms with E-state index in [-0.39, 0.29) is 0 Å². The molecule has 0 bridgehead atoms. The summed E-state index contributed by atoms with van der Waals surface area (Å²) in [6.07, 6.45) is 3.53. The van der Waals surface area contributed by atoms with Gasteiger partial charge in [-0.3, -0.25) is 0 Å². The number of ether oxygens (including phenoxy) is 1. The van der Waals surface area contributed by atoms with Crippen molar-refractivity contribution >= 4 is 0 Å². The van der Waals surface area contributed by atoms with Gasteiger partial charge in [0.2, 0.25) is 0 Å². The van der Waals surface area contributed by atoms with Crippen LogP contribution in [-0.4, -0.2) is 19.7 Å². The van der Waals surface area contributed by atoms with Crippen LogP contribution in [0.25, 0.3) is 0 Å². The molecule has 1 N–H and O–H groups in total. The first kappa shape index (κ1) is 14.4.